The van der Waals surface area contributed by atoms with Gasteiger partial charge in [-0.05, 0) is 45.3 Å². The van der Waals surface area contributed by atoms with E-state index in [1.807, 2.05) is 13.0 Å². The molecule has 0 amide bonds. The van der Waals surface area contributed by atoms with Crippen LogP contribution in [0.3, 0.4) is 0 Å². The summed E-state index contributed by atoms with van der Waals surface area (Å²) in [6, 6.07) is 0. The first-order valence-electron chi connectivity index (χ1n) is 7.02. The fraction of sp³-hybridized carbons (Fsp3) is 0.786. The van der Waals surface area contributed by atoms with Crippen molar-refractivity contribution >= 4 is 5.97 Å². The number of rotatable bonds is 7. The number of hydrogen-bond acceptors (Lipinski definition) is 4. The molecule has 4 heteroatoms. The Labute approximate surface area is 110 Å². The number of likely N-dealkylation sites (N-methyl/N-ethyl adjacent to an activating group) is 1. The molecule has 4 nitrogen and oxygen atoms in total. The van der Waals surface area contributed by atoms with Gasteiger partial charge in [-0.1, -0.05) is 13.0 Å². The van der Waals surface area contributed by atoms with Crippen LogP contribution < -0.4 is 5.32 Å². The summed E-state index contributed by atoms with van der Waals surface area (Å²) in [5.74, 6) is 0.553. The van der Waals surface area contributed by atoms with E-state index < -0.39 is 0 Å². The van der Waals surface area contributed by atoms with Crippen molar-refractivity contribution in [1.29, 1.82) is 0 Å². The monoisotopic (exact) mass is 254 g/mol. The molecule has 1 fully saturated rings. The summed E-state index contributed by atoms with van der Waals surface area (Å²) in [6.45, 7) is 9.69. The van der Waals surface area contributed by atoms with Crippen molar-refractivity contribution in [3.63, 3.8) is 0 Å². The predicted octanol–water partition coefficient (Wildman–Crippen LogP) is 1.43. The molecule has 0 aromatic heterocycles. The lowest BCUT2D eigenvalue weighted by Gasteiger charge is -2.28. The average molecular weight is 254 g/mol. The van der Waals surface area contributed by atoms with E-state index in [0.717, 1.165) is 38.6 Å². The molecule has 1 rings (SSSR count). The van der Waals surface area contributed by atoms with E-state index >= 15 is 0 Å². The van der Waals surface area contributed by atoms with Crippen molar-refractivity contribution in [2.75, 3.05) is 39.3 Å². The standard InChI is InChI=1S/C14H26N2O2/c1-3-16(11-5-6-14(17)18-4-2)12-13-7-9-15-10-8-13/h5-6,13,15H,3-4,7-12H2,1-2H3/b6-5+. The number of nitrogens with zero attached hydrogens (tertiary/aromatic N) is 1. The quantitative estimate of drug-likeness (QED) is 0.551. The fourth-order valence-electron chi connectivity index (χ4n) is 2.25. The molecule has 0 aromatic rings. The molecule has 0 spiro atoms. The van der Waals surface area contributed by atoms with Crippen LogP contribution in [0, 0.1) is 5.92 Å². The lowest BCUT2D eigenvalue weighted by Crippen LogP contribution is -2.36. The molecule has 0 aromatic carbocycles. The number of hydrogen-bond donors (Lipinski definition) is 1. The first kappa shape index (κ1) is 15.2. The Morgan fingerprint density at radius 2 is 2.11 bits per heavy atom. The van der Waals surface area contributed by atoms with Crippen LogP contribution in [-0.2, 0) is 9.53 Å². The van der Waals surface area contributed by atoms with Crippen molar-refractivity contribution in [3.05, 3.63) is 12.2 Å². The molecule has 1 N–H and O–H groups in total. The van der Waals surface area contributed by atoms with Crippen molar-refractivity contribution in [3.8, 4) is 0 Å². The Morgan fingerprint density at radius 1 is 1.39 bits per heavy atom. The molecule has 0 radical (unpaired) electrons. The average Bonchev–Trinajstić information content (AvgIpc) is 2.39. The minimum Gasteiger partial charge on any atom is -0.463 e. The van der Waals surface area contributed by atoms with Gasteiger partial charge < -0.3 is 10.1 Å². The molecular formula is C14H26N2O2. The highest BCUT2D eigenvalue weighted by atomic mass is 16.5. The van der Waals surface area contributed by atoms with E-state index in [9.17, 15) is 4.79 Å². The Morgan fingerprint density at radius 3 is 2.72 bits per heavy atom. The molecular weight excluding hydrogens is 228 g/mol. The highest BCUT2D eigenvalue weighted by molar-refractivity contribution is 5.81. The van der Waals surface area contributed by atoms with Gasteiger partial charge in [0.2, 0.25) is 0 Å². The van der Waals surface area contributed by atoms with Crippen LogP contribution in [-0.4, -0.2) is 50.2 Å². The highest BCUT2D eigenvalue weighted by Crippen LogP contribution is 2.13. The minimum atomic E-state index is -0.240. The van der Waals surface area contributed by atoms with Gasteiger partial charge in [-0.2, -0.15) is 0 Å². The summed E-state index contributed by atoms with van der Waals surface area (Å²) in [6.07, 6.45) is 5.97. The van der Waals surface area contributed by atoms with E-state index in [0.29, 0.717) is 6.61 Å². The van der Waals surface area contributed by atoms with Gasteiger partial charge in [0.1, 0.15) is 0 Å². The van der Waals surface area contributed by atoms with Crippen LogP contribution in [0.4, 0.5) is 0 Å². The van der Waals surface area contributed by atoms with E-state index in [4.69, 9.17) is 4.74 Å². The normalized spacial score (nSPS) is 17.5. The number of piperidine rings is 1. The number of carbonyl (C=O) groups excluding carboxylic acids is 1. The third-order valence-corrected chi connectivity index (χ3v) is 3.33. The Bertz CT molecular complexity index is 261. The van der Waals surface area contributed by atoms with E-state index in [1.165, 1.54) is 18.9 Å². The maximum atomic E-state index is 11.2. The van der Waals surface area contributed by atoms with Crippen molar-refractivity contribution in [2.24, 2.45) is 5.92 Å². The highest BCUT2D eigenvalue weighted by Gasteiger charge is 2.15. The third kappa shape index (κ3) is 6.17. The van der Waals surface area contributed by atoms with Crippen LogP contribution in [0.2, 0.25) is 0 Å². The number of carbonyl (C=O) groups is 1. The van der Waals surface area contributed by atoms with Crippen LogP contribution in [0.5, 0.6) is 0 Å². The van der Waals surface area contributed by atoms with E-state index in [-0.39, 0.29) is 5.97 Å². The third-order valence-electron chi connectivity index (χ3n) is 3.33. The second-order valence-electron chi connectivity index (χ2n) is 4.70. The zero-order valence-corrected chi connectivity index (χ0v) is 11.7. The predicted molar refractivity (Wildman–Crippen MR) is 73.5 cm³/mol. The maximum absolute atomic E-state index is 11.2. The van der Waals surface area contributed by atoms with Crippen molar-refractivity contribution in [2.45, 2.75) is 26.7 Å². The van der Waals surface area contributed by atoms with E-state index in [1.54, 1.807) is 0 Å². The van der Waals surface area contributed by atoms with Gasteiger partial charge in [-0.15, -0.1) is 0 Å². The molecule has 1 saturated heterocycles. The molecule has 0 aliphatic carbocycles. The molecule has 1 aliphatic rings. The van der Waals surface area contributed by atoms with Crippen LogP contribution in [0.1, 0.15) is 26.7 Å². The van der Waals surface area contributed by atoms with Gasteiger partial charge >= 0.3 is 5.97 Å². The van der Waals surface area contributed by atoms with Gasteiger partial charge in [0.25, 0.3) is 0 Å². The first-order chi connectivity index (χ1) is 8.76. The molecule has 0 bridgehead atoms. The smallest absolute Gasteiger partial charge is 0.330 e. The lowest BCUT2D eigenvalue weighted by atomic mass is 9.97. The molecule has 18 heavy (non-hydrogen) atoms. The van der Waals surface area contributed by atoms with Crippen LogP contribution in [0.25, 0.3) is 0 Å². The number of esters is 1. The van der Waals surface area contributed by atoms with Gasteiger partial charge in [0.05, 0.1) is 6.61 Å². The fourth-order valence-corrected chi connectivity index (χ4v) is 2.25. The summed E-state index contributed by atoms with van der Waals surface area (Å²) in [7, 11) is 0. The largest absolute Gasteiger partial charge is 0.463 e. The molecule has 1 heterocycles. The zero-order chi connectivity index (χ0) is 13.2. The van der Waals surface area contributed by atoms with Crippen LogP contribution >= 0.6 is 0 Å². The number of nitrogens with one attached hydrogen (secondary N) is 1. The summed E-state index contributed by atoms with van der Waals surface area (Å²) in [5, 5.41) is 3.38. The SMILES string of the molecule is CCOC(=O)/C=C/CN(CC)CC1CCNCC1. The van der Waals surface area contributed by atoms with Gasteiger partial charge in [0, 0.05) is 19.2 Å². The first-order valence-corrected chi connectivity index (χ1v) is 7.02. The molecule has 0 saturated carbocycles. The molecule has 1 aliphatic heterocycles. The summed E-state index contributed by atoms with van der Waals surface area (Å²) < 4.78 is 4.85. The molecule has 0 atom stereocenters. The summed E-state index contributed by atoms with van der Waals surface area (Å²) in [4.78, 5) is 13.5. The van der Waals surface area contributed by atoms with Gasteiger partial charge in [-0.3, -0.25) is 4.90 Å². The lowest BCUT2D eigenvalue weighted by molar-refractivity contribution is -0.137. The van der Waals surface area contributed by atoms with Gasteiger partial charge in [-0.25, -0.2) is 4.79 Å². The number of ether oxygens (including phenoxy) is 1. The van der Waals surface area contributed by atoms with Crippen molar-refractivity contribution in [1.82, 2.24) is 10.2 Å². The second kappa shape index (κ2) is 9.11. The van der Waals surface area contributed by atoms with E-state index in [2.05, 4.69) is 17.1 Å². The van der Waals surface area contributed by atoms with Crippen LogP contribution in [0.15, 0.2) is 12.2 Å². The molecule has 104 valence electrons. The Hall–Kier alpha value is -0.870. The Kier molecular flexibility index (Phi) is 7.69. The zero-order valence-electron chi connectivity index (χ0n) is 11.7. The minimum absolute atomic E-state index is 0.240. The maximum Gasteiger partial charge on any atom is 0.330 e. The topological polar surface area (TPSA) is 41.6 Å². The van der Waals surface area contributed by atoms with Crippen molar-refractivity contribution < 1.29 is 9.53 Å². The summed E-state index contributed by atoms with van der Waals surface area (Å²) in [5.41, 5.74) is 0. The molecule has 0 unspecified atom stereocenters. The Balaban J connectivity index is 2.25. The van der Waals surface area contributed by atoms with Gasteiger partial charge in [0.15, 0.2) is 0 Å². The summed E-state index contributed by atoms with van der Waals surface area (Å²) >= 11 is 0. The second-order valence-corrected chi connectivity index (χ2v) is 4.70.